The molecule has 0 radical (unpaired) electrons. The normalized spacial score (nSPS) is 40.9. The minimum Gasteiger partial charge on any atom is -0.394 e. The molecule has 0 bridgehead atoms. The Kier molecular flexibility index (Phi) is 2.80. The zero-order valence-corrected chi connectivity index (χ0v) is 5.92. The number of hydrogen-bond acceptors (Lipinski definition) is 5. The van der Waals surface area contributed by atoms with Crippen LogP contribution in [0.25, 0.3) is 0 Å². The number of rotatable bonds is 2. The van der Waals surface area contributed by atoms with Crippen LogP contribution in [-0.4, -0.2) is 51.6 Å². The maximum absolute atomic E-state index is 9.00. The third-order valence-corrected chi connectivity index (χ3v) is 1.73. The van der Waals surface area contributed by atoms with Gasteiger partial charge in [-0.3, -0.25) is 0 Å². The lowest BCUT2D eigenvalue weighted by atomic mass is 10.1. The highest BCUT2D eigenvalue weighted by atomic mass is 16.6. The molecule has 5 nitrogen and oxygen atoms in total. The van der Waals surface area contributed by atoms with E-state index in [4.69, 9.17) is 25.2 Å². The Morgan fingerprint density at radius 1 is 1.45 bits per heavy atom. The van der Waals surface area contributed by atoms with Crippen LogP contribution in [0.1, 0.15) is 6.42 Å². The van der Waals surface area contributed by atoms with E-state index in [1.807, 2.05) is 0 Å². The van der Waals surface area contributed by atoms with Crippen molar-refractivity contribution in [3.63, 3.8) is 0 Å². The van der Waals surface area contributed by atoms with Crippen molar-refractivity contribution in [1.29, 1.82) is 0 Å². The van der Waals surface area contributed by atoms with E-state index in [1.54, 1.807) is 0 Å². The molecule has 0 spiro atoms. The largest absolute Gasteiger partial charge is 0.394 e. The van der Waals surface area contributed by atoms with Gasteiger partial charge in [0.1, 0.15) is 12.2 Å². The third kappa shape index (κ3) is 1.88. The minimum absolute atomic E-state index is 0.156. The summed E-state index contributed by atoms with van der Waals surface area (Å²) in [6.07, 6.45) is -3.72. The lowest BCUT2D eigenvalue weighted by Crippen LogP contribution is -2.29. The van der Waals surface area contributed by atoms with Gasteiger partial charge in [-0.15, -0.1) is 0 Å². The average molecular weight is 164 g/mol. The molecule has 4 N–H and O–H groups in total. The van der Waals surface area contributed by atoms with Crippen LogP contribution in [0.15, 0.2) is 0 Å². The first-order valence-corrected chi connectivity index (χ1v) is 3.45. The Morgan fingerprint density at radius 2 is 2.09 bits per heavy atom. The highest BCUT2D eigenvalue weighted by Gasteiger charge is 2.36. The molecule has 0 aromatic rings. The smallest absolute Gasteiger partial charge is 0.181 e. The number of hydrogen-bond donors (Lipinski definition) is 4. The summed E-state index contributed by atoms with van der Waals surface area (Å²) in [6.45, 7) is -0.426. The van der Waals surface area contributed by atoms with Gasteiger partial charge in [0.15, 0.2) is 6.29 Å². The van der Waals surface area contributed by atoms with E-state index in [0.29, 0.717) is 0 Å². The van der Waals surface area contributed by atoms with Gasteiger partial charge >= 0.3 is 0 Å². The summed E-state index contributed by atoms with van der Waals surface area (Å²) < 4.78 is 4.72. The molecule has 1 fully saturated rings. The van der Waals surface area contributed by atoms with Crippen molar-refractivity contribution in [2.75, 3.05) is 6.61 Å². The molecule has 1 heterocycles. The Morgan fingerprint density at radius 3 is 2.45 bits per heavy atom. The number of ether oxygens (including phenoxy) is 1. The second kappa shape index (κ2) is 3.46. The van der Waals surface area contributed by atoms with Crippen molar-refractivity contribution < 1.29 is 25.2 Å². The van der Waals surface area contributed by atoms with Gasteiger partial charge in [-0.1, -0.05) is 0 Å². The van der Waals surface area contributed by atoms with Crippen molar-refractivity contribution in [2.24, 2.45) is 0 Å². The van der Waals surface area contributed by atoms with Crippen LogP contribution >= 0.6 is 0 Å². The molecule has 0 aromatic carbocycles. The molecule has 66 valence electrons. The molecule has 11 heavy (non-hydrogen) atoms. The van der Waals surface area contributed by atoms with Crippen LogP contribution in [0.3, 0.4) is 0 Å². The molecular weight excluding hydrogens is 152 g/mol. The first-order chi connectivity index (χ1) is 5.15. The van der Waals surface area contributed by atoms with Gasteiger partial charge < -0.3 is 25.2 Å². The van der Waals surface area contributed by atoms with Crippen LogP contribution in [0.2, 0.25) is 0 Å². The molecular formula is C6H12O5. The second-order valence-electron chi connectivity index (χ2n) is 2.62. The lowest BCUT2D eigenvalue weighted by molar-refractivity contribution is -0.149. The summed E-state index contributed by atoms with van der Waals surface area (Å²) >= 11 is 0. The van der Waals surface area contributed by atoms with Crippen molar-refractivity contribution >= 4 is 0 Å². The van der Waals surface area contributed by atoms with Gasteiger partial charge in [-0.25, -0.2) is 0 Å². The topological polar surface area (TPSA) is 90.2 Å². The first kappa shape index (κ1) is 8.89. The predicted octanol–water partition coefficient (Wildman–Crippen LogP) is -2.19. The standard InChI is InChI=1S/C6H12O5/c7-2-4(9)5-1-3(8)6(10)11-5/h3-10H,1-2H2/t3-,4-,5-,6-/m1/s1. The molecule has 0 amide bonds. The summed E-state index contributed by atoms with van der Waals surface area (Å²) in [5.74, 6) is 0. The van der Waals surface area contributed by atoms with E-state index < -0.39 is 31.2 Å². The van der Waals surface area contributed by atoms with E-state index >= 15 is 0 Å². The summed E-state index contributed by atoms with van der Waals surface area (Å²) in [6, 6.07) is 0. The van der Waals surface area contributed by atoms with Crippen molar-refractivity contribution in [1.82, 2.24) is 0 Å². The fraction of sp³-hybridized carbons (Fsp3) is 1.00. The maximum atomic E-state index is 9.00. The zero-order valence-electron chi connectivity index (χ0n) is 5.92. The fourth-order valence-corrected chi connectivity index (χ4v) is 1.05. The van der Waals surface area contributed by atoms with Gasteiger partial charge in [0, 0.05) is 6.42 Å². The third-order valence-electron chi connectivity index (χ3n) is 1.73. The molecule has 4 atom stereocenters. The highest BCUT2D eigenvalue weighted by molar-refractivity contribution is 4.80. The predicted molar refractivity (Wildman–Crippen MR) is 34.6 cm³/mol. The number of aliphatic hydroxyl groups is 4. The zero-order chi connectivity index (χ0) is 8.43. The van der Waals surface area contributed by atoms with E-state index in [1.165, 1.54) is 0 Å². The molecule has 0 aromatic heterocycles. The molecule has 1 aliphatic heterocycles. The first-order valence-electron chi connectivity index (χ1n) is 3.45. The summed E-state index contributed by atoms with van der Waals surface area (Å²) in [5, 5.41) is 35.3. The van der Waals surface area contributed by atoms with Crippen molar-refractivity contribution in [2.45, 2.75) is 31.0 Å². The molecule has 5 heteroatoms. The fourth-order valence-electron chi connectivity index (χ4n) is 1.05. The molecule has 1 aliphatic rings. The SMILES string of the molecule is OC[C@@H](O)[C@H]1C[C@@H](O)[C@H](O)O1. The van der Waals surface area contributed by atoms with E-state index in [0.717, 1.165) is 0 Å². The monoisotopic (exact) mass is 164 g/mol. The van der Waals surface area contributed by atoms with Gasteiger partial charge in [-0.2, -0.15) is 0 Å². The average Bonchev–Trinajstić information content (AvgIpc) is 2.31. The molecule has 0 unspecified atom stereocenters. The van der Waals surface area contributed by atoms with Gasteiger partial charge in [0.2, 0.25) is 0 Å². The Labute approximate surface area is 63.8 Å². The Bertz CT molecular complexity index is 118. The highest BCUT2D eigenvalue weighted by Crippen LogP contribution is 2.20. The van der Waals surface area contributed by atoms with E-state index in [2.05, 4.69) is 0 Å². The van der Waals surface area contributed by atoms with Gasteiger partial charge in [-0.05, 0) is 0 Å². The Hall–Kier alpha value is -0.200. The summed E-state index contributed by atoms with van der Waals surface area (Å²) in [7, 11) is 0. The van der Waals surface area contributed by atoms with Gasteiger partial charge in [0.25, 0.3) is 0 Å². The maximum Gasteiger partial charge on any atom is 0.181 e. The van der Waals surface area contributed by atoms with Crippen LogP contribution in [0, 0.1) is 0 Å². The Balaban J connectivity index is 2.40. The number of aliphatic hydroxyl groups excluding tert-OH is 4. The summed E-state index contributed by atoms with van der Waals surface area (Å²) in [4.78, 5) is 0. The lowest BCUT2D eigenvalue weighted by Gasteiger charge is -2.14. The van der Waals surface area contributed by atoms with Gasteiger partial charge in [0.05, 0.1) is 12.7 Å². The minimum atomic E-state index is -1.24. The molecule has 1 saturated heterocycles. The molecule has 0 saturated carbocycles. The van der Waals surface area contributed by atoms with Crippen LogP contribution < -0.4 is 0 Å². The second-order valence-corrected chi connectivity index (χ2v) is 2.62. The van der Waals surface area contributed by atoms with Crippen molar-refractivity contribution in [3.05, 3.63) is 0 Å². The van der Waals surface area contributed by atoms with Crippen LogP contribution in [-0.2, 0) is 4.74 Å². The van der Waals surface area contributed by atoms with Crippen LogP contribution in [0.4, 0.5) is 0 Å². The quantitative estimate of drug-likeness (QED) is 0.372. The van der Waals surface area contributed by atoms with Crippen LogP contribution in [0.5, 0.6) is 0 Å². The molecule has 1 rings (SSSR count). The van der Waals surface area contributed by atoms with E-state index in [9.17, 15) is 0 Å². The molecule has 0 aliphatic carbocycles. The van der Waals surface area contributed by atoms with Crippen molar-refractivity contribution in [3.8, 4) is 0 Å². The van der Waals surface area contributed by atoms with E-state index in [-0.39, 0.29) is 6.42 Å². The summed E-state index contributed by atoms with van der Waals surface area (Å²) in [5.41, 5.74) is 0.